The molecule has 0 fully saturated rings. The maximum atomic E-state index is 12.9. The zero-order valence-corrected chi connectivity index (χ0v) is 23.0. The normalized spacial score (nSPS) is 12.0. The van der Waals surface area contributed by atoms with Crippen LogP contribution in [0.4, 0.5) is 5.69 Å². The average molecular weight is 575 g/mol. The number of anilines is 1. The van der Waals surface area contributed by atoms with Crippen LogP contribution in [0.25, 0.3) is 0 Å². The number of carbonyl (C=O) groups excluding carboxylic acids is 2. The largest absolute Gasteiger partial charge is 0.342 e. The molecule has 7 nitrogen and oxygen atoms in total. The summed E-state index contributed by atoms with van der Waals surface area (Å²) in [5.41, 5.74) is 0.866. The molecule has 0 aliphatic carbocycles. The van der Waals surface area contributed by atoms with Crippen LogP contribution in [0.5, 0.6) is 0 Å². The molecule has 1 aromatic heterocycles. The van der Waals surface area contributed by atoms with E-state index in [0.717, 1.165) is 0 Å². The number of benzene rings is 2. The van der Waals surface area contributed by atoms with Crippen molar-refractivity contribution in [3.63, 3.8) is 0 Å². The number of hydrogen-bond acceptors (Lipinski definition) is 5. The van der Waals surface area contributed by atoms with Gasteiger partial charge < -0.3 is 15.2 Å². The number of thioether (sulfide) groups is 1. The molecule has 0 saturated heterocycles. The number of aromatic nitrogens is 3. The summed E-state index contributed by atoms with van der Waals surface area (Å²) >= 11 is 25.3. The first-order chi connectivity index (χ1) is 16.5. The zero-order chi connectivity index (χ0) is 25.7. The van der Waals surface area contributed by atoms with E-state index in [1.165, 1.54) is 17.8 Å². The Labute approximate surface area is 227 Å². The van der Waals surface area contributed by atoms with Crippen molar-refractivity contribution in [1.82, 2.24) is 20.1 Å². The van der Waals surface area contributed by atoms with Crippen molar-refractivity contribution < 1.29 is 9.59 Å². The van der Waals surface area contributed by atoms with Crippen molar-refractivity contribution in [3.05, 3.63) is 67.9 Å². The molecule has 2 aromatic carbocycles. The van der Waals surface area contributed by atoms with Crippen molar-refractivity contribution in [2.45, 2.75) is 31.5 Å². The zero-order valence-electron chi connectivity index (χ0n) is 19.1. The highest BCUT2D eigenvalue weighted by molar-refractivity contribution is 7.99. The van der Waals surface area contributed by atoms with E-state index in [1.54, 1.807) is 41.9 Å². The number of halogens is 4. The van der Waals surface area contributed by atoms with Crippen molar-refractivity contribution in [2.24, 2.45) is 13.0 Å². The highest BCUT2D eigenvalue weighted by atomic mass is 35.5. The topological polar surface area (TPSA) is 88.9 Å². The SMILES string of the molecule is CC(C)C[C@H](NC(=O)c1ccc(Cl)cc1Cl)c1nnc(SCC(=O)Nc2ccc(Cl)c(Cl)c2)n1C. The van der Waals surface area contributed by atoms with Gasteiger partial charge in [0.1, 0.15) is 0 Å². The van der Waals surface area contributed by atoms with Gasteiger partial charge in [0.2, 0.25) is 5.91 Å². The van der Waals surface area contributed by atoms with Crippen LogP contribution in [-0.2, 0) is 11.8 Å². The number of nitrogens with zero attached hydrogens (tertiary/aromatic N) is 3. The first-order valence-electron chi connectivity index (χ1n) is 10.6. The van der Waals surface area contributed by atoms with E-state index < -0.39 is 6.04 Å². The molecule has 0 radical (unpaired) electrons. The lowest BCUT2D eigenvalue weighted by molar-refractivity contribution is -0.113. The molecule has 3 aromatic rings. The van der Waals surface area contributed by atoms with Crippen LogP contribution in [-0.4, -0.2) is 32.3 Å². The van der Waals surface area contributed by atoms with E-state index in [0.29, 0.717) is 43.7 Å². The average Bonchev–Trinajstić information content (AvgIpc) is 3.14. The Balaban J connectivity index is 1.69. The third kappa shape index (κ3) is 7.51. The maximum Gasteiger partial charge on any atom is 0.253 e. The Bertz CT molecular complexity index is 1230. The predicted molar refractivity (Wildman–Crippen MR) is 143 cm³/mol. The molecule has 12 heteroatoms. The Morgan fingerprint density at radius 1 is 1.00 bits per heavy atom. The lowest BCUT2D eigenvalue weighted by Gasteiger charge is -2.20. The molecule has 1 atom stereocenters. The fourth-order valence-electron chi connectivity index (χ4n) is 3.27. The molecule has 35 heavy (non-hydrogen) atoms. The summed E-state index contributed by atoms with van der Waals surface area (Å²) < 4.78 is 1.77. The Morgan fingerprint density at radius 3 is 2.40 bits per heavy atom. The molecule has 1 heterocycles. The van der Waals surface area contributed by atoms with Crippen molar-refractivity contribution in [1.29, 1.82) is 0 Å². The highest BCUT2D eigenvalue weighted by Gasteiger charge is 2.24. The molecule has 0 aliphatic rings. The molecule has 0 unspecified atom stereocenters. The van der Waals surface area contributed by atoms with Gasteiger partial charge in [-0.25, -0.2) is 0 Å². The van der Waals surface area contributed by atoms with Gasteiger partial charge in [-0.3, -0.25) is 9.59 Å². The van der Waals surface area contributed by atoms with E-state index in [4.69, 9.17) is 46.4 Å². The van der Waals surface area contributed by atoms with Gasteiger partial charge >= 0.3 is 0 Å². The van der Waals surface area contributed by atoms with Gasteiger partial charge in [0.25, 0.3) is 5.91 Å². The molecule has 0 saturated carbocycles. The van der Waals surface area contributed by atoms with Crippen LogP contribution in [0.15, 0.2) is 41.6 Å². The second kappa shape index (κ2) is 12.3. The maximum absolute atomic E-state index is 12.9. The molecule has 2 amide bonds. The lowest BCUT2D eigenvalue weighted by atomic mass is 10.0. The predicted octanol–water partition coefficient (Wildman–Crippen LogP) is 6.68. The van der Waals surface area contributed by atoms with Crippen LogP contribution in [0, 0.1) is 5.92 Å². The van der Waals surface area contributed by atoms with Gasteiger partial charge in [-0.05, 0) is 48.7 Å². The molecule has 2 N–H and O–H groups in total. The Morgan fingerprint density at radius 2 is 1.74 bits per heavy atom. The summed E-state index contributed by atoms with van der Waals surface area (Å²) in [5.74, 6) is 0.376. The van der Waals surface area contributed by atoms with Crippen molar-refractivity contribution in [2.75, 3.05) is 11.1 Å². The van der Waals surface area contributed by atoms with Gasteiger partial charge in [0.15, 0.2) is 11.0 Å². The fourth-order valence-corrected chi connectivity index (χ4v) is 4.78. The molecule has 0 spiro atoms. The van der Waals surface area contributed by atoms with Crippen molar-refractivity contribution in [3.8, 4) is 0 Å². The highest BCUT2D eigenvalue weighted by Crippen LogP contribution is 2.27. The van der Waals surface area contributed by atoms with Gasteiger partial charge in [0, 0.05) is 17.8 Å². The summed E-state index contributed by atoms with van der Waals surface area (Å²) in [5, 5.41) is 16.3. The second-order valence-corrected chi connectivity index (χ2v) is 10.7. The number of amides is 2. The van der Waals surface area contributed by atoms with Crippen molar-refractivity contribution >= 4 is 75.7 Å². The van der Waals surface area contributed by atoms with Gasteiger partial charge in [-0.1, -0.05) is 72.0 Å². The smallest absolute Gasteiger partial charge is 0.253 e. The van der Waals surface area contributed by atoms with E-state index in [-0.39, 0.29) is 28.5 Å². The summed E-state index contributed by atoms with van der Waals surface area (Å²) in [4.78, 5) is 25.3. The first-order valence-corrected chi connectivity index (χ1v) is 13.1. The minimum atomic E-state index is -0.411. The molecular weight excluding hydrogens is 552 g/mol. The quantitative estimate of drug-likeness (QED) is 0.278. The third-order valence-corrected chi connectivity index (χ3v) is 7.21. The number of hydrogen-bond donors (Lipinski definition) is 2. The molecule has 0 aliphatic heterocycles. The van der Waals surface area contributed by atoms with Crippen LogP contribution in [0.2, 0.25) is 20.1 Å². The van der Waals surface area contributed by atoms with Crippen LogP contribution >= 0.6 is 58.2 Å². The summed E-state index contributed by atoms with van der Waals surface area (Å²) in [6.45, 7) is 4.10. The standard InChI is InChI=1S/C23H23Cl4N5O2S/c1-12(2)8-19(29-22(34)15-6-4-13(24)9-17(15)26)21-30-31-23(32(21)3)35-11-20(33)28-14-5-7-16(25)18(27)10-14/h4-7,9-10,12,19H,8,11H2,1-3H3,(H,28,33)(H,29,34)/t19-/m0/s1. The lowest BCUT2D eigenvalue weighted by Crippen LogP contribution is -2.31. The fraction of sp³-hybridized carbons (Fsp3) is 0.304. The molecule has 3 rings (SSSR count). The summed E-state index contributed by atoms with van der Waals surface area (Å²) in [6, 6.07) is 9.17. The monoisotopic (exact) mass is 573 g/mol. The second-order valence-electron chi connectivity index (χ2n) is 8.15. The van der Waals surface area contributed by atoms with E-state index in [9.17, 15) is 9.59 Å². The minimum Gasteiger partial charge on any atom is -0.342 e. The first kappa shape index (κ1) is 27.6. The number of nitrogens with one attached hydrogen (secondary N) is 2. The number of carbonyl (C=O) groups is 2. The Kier molecular flexibility index (Phi) is 9.72. The van der Waals surface area contributed by atoms with Crippen LogP contribution < -0.4 is 10.6 Å². The Hall–Kier alpha value is -1.97. The minimum absolute atomic E-state index is 0.105. The van der Waals surface area contributed by atoms with E-state index >= 15 is 0 Å². The summed E-state index contributed by atoms with van der Waals surface area (Å²) in [7, 11) is 1.79. The van der Waals surface area contributed by atoms with Crippen LogP contribution in [0.1, 0.15) is 42.5 Å². The van der Waals surface area contributed by atoms with E-state index in [1.807, 2.05) is 13.8 Å². The van der Waals surface area contributed by atoms with Gasteiger partial charge in [-0.2, -0.15) is 0 Å². The molecule has 0 bridgehead atoms. The molecular formula is C23H23Cl4N5O2S. The van der Waals surface area contributed by atoms with Gasteiger partial charge in [0.05, 0.1) is 32.4 Å². The van der Waals surface area contributed by atoms with Crippen LogP contribution in [0.3, 0.4) is 0 Å². The third-order valence-electron chi connectivity index (χ3n) is 4.90. The summed E-state index contributed by atoms with van der Waals surface area (Å²) in [6.07, 6.45) is 0.630. The van der Waals surface area contributed by atoms with E-state index in [2.05, 4.69) is 20.8 Å². The number of rotatable bonds is 9. The molecule has 186 valence electrons. The van der Waals surface area contributed by atoms with Gasteiger partial charge in [-0.15, -0.1) is 10.2 Å².